The van der Waals surface area contributed by atoms with Crippen LogP contribution >= 0.6 is 0 Å². The van der Waals surface area contributed by atoms with E-state index in [9.17, 15) is 13.6 Å². The van der Waals surface area contributed by atoms with Gasteiger partial charge in [0, 0.05) is 36.1 Å². The molecule has 1 amide bonds. The van der Waals surface area contributed by atoms with Crippen LogP contribution in [0.15, 0.2) is 30.3 Å². The van der Waals surface area contributed by atoms with Gasteiger partial charge in [-0.2, -0.15) is 0 Å². The largest absolute Gasteiger partial charge is 0.497 e. The van der Waals surface area contributed by atoms with Gasteiger partial charge in [0.05, 0.1) is 19.9 Å². The summed E-state index contributed by atoms with van der Waals surface area (Å²) in [5.74, 6) is -1.15. The fraction of sp³-hybridized carbons (Fsp3) is 0.235. The fourth-order valence-electron chi connectivity index (χ4n) is 2.89. The molecule has 1 unspecified atom stereocenters. The van der Waals surface area contributed by atoms with Crippen molar-refractivity contribution in [3.8, 4) is 11.5 Å². The van der Waals surface area contributed by atoms with E-state index < -0.39 is 17.6 Å². The van der Waals surface area contributed by atoms with Gasteiger partial charge in [0.25, 0.3) is 0 Å². The van der Waals surface area contributed by atoms with Crippen molar-refractivity contribution < 1.29 is 23.0 Å². The lowest BCUT2D eigenvalue weighted by Gasteiger charge is -2.28. The molecule has 1 aliphatic rings. The minimum atomic E-state index is -0.687. The number of benzene rings is 2. The van der Waals surface area contributed by atoms with Crippen LogP contribution in [-0.4, -0.2) is 20.1 Å². The van der Waals surface area contributed by atoms with Crippen molar-refractivity contribution in [1.29, 1.82) is 0 Å². The topological polar surface area (TPSA) is 47.6 Å². The lowest BCUT2D eigenvalue weighted by atomic mass is 9.83. The molecular formula is C17H15F2NO3. The molecule has 0 fully saturated rings. The number of nitrogens with one attached hydrogen (secondary N) is 1. The number of carbonyl (C=O) groups excluding carboxylic acids is 1. The van der Waals surface area contributed by atoms with Gasteiger partial charge in [0.2, 0.25) is 5.91 Å². The molecule has 0 radical (unpaired) electrons. The van der Waals surface area contributed by atoms with Crippen LogP contribution in [0.5, 0.6) is 11.5 Å². The summed E-state index contributed by atoms with van der Waals surface area (Å²) in [6.07, 6.45) is 0.0538. The molecule has 2 aromatic carbocycles. The molecule has 3 rings (SSSR count). The Morgan fingerprint density at radius 3 is 2.57 bits per heavy atom. The van der Waals surface area contributed by atoms with Crippen molar-refractivity contribution in [1.82, 2.24) is 0 Å². The van der Waals surface area contributed by atoms with Gasteiger partial charge in [0.15, 0.2) is 0 Å². The number of carbonyl (C=O) groups is 1. The number of hydrogen-bond acceptors (Lipinski definition) is 3. The van der Waals surface area contributed by atoms with E-state index in [1.165, 1.54) is 26.4 Å². The van der Waals surface area contributed by atoms with E-state index >= 15 is 0 Å². The van der Waals surface area contributed by atoms with E-state index in [2.05, 4.69) is 5.32 Å². The quantitative estimate of drug-likeness (QED) is 0.942. The predicted molar refractivity (Wildman–Crippen MR) is 81.0 cm³/mol. The summed E-state index contributed by atoms with van der Waals surface area (Å²) in [6.45, 7) is 0. The van der Waals surface area contributed by atoms with E-state index in [-0.39, 0.29) is 17.9 Å². The molecule has 0 aromatic heterocycles. The van der Waals surface area contributed by atoms with Crippen LogP contribution < -0.4 is 14.8 Å². The lowest BCUT2D eigenvalue weighted by Crippen LogP contribution is -2.24. The number of halogens is 2. The monoisotopic (exact) mass is 319 g/mol. The second-order valence-corrected chi connectivity index (χ2v) is 5.26. The normalized spacial score (nSPS) is 16.5. The SMILES string of the molecule is COc1cc2c(c(OC)c1)C(c1ccc(F)cc1F)CC(=O)N2. The van der Waals surface area contributed by atoms with Crippen molar-refractivity contribution in [2.45, 2.75) is 12.3 Å². The Labute approximate surface area is 132 Å². The van der Waals surface area contributed by atoms with Crippen LogP contribution in [0, 0.1) is 11.6 Å². The molecule has 120 valence electrons. The van der Waals surface area contributed by atoms with E-state index in [1.54, 1.807) is 12.1 Å². The zero-order valence-corrected chi connectivity index (χ0v) is 12.7. The minimum Gasteiger partial charge on any atom is -0.497 e. The Kier molecular flexibility index (Phi) is 3.90. The summed E-state index contributed by atoms with van der Waals surface area (Å²) in [7, 11) is 2.99. The highest BCUT2D eigenvalue weighted by atomic mass is 19.1. The highest BCUT2D eigenvalue weighted by Gasteiger charge is 2.32. The van der Waals surface area contributed by atoms with Crippen LogP contribution in [0.1, 0.15) is 23.5 Å². The molecule has 23 heavy (non-hydrogen) atoms. The molecule has 0 spiro atoms. The standard InChI is InChI=1S/C17H15F2NO3/c1-22-10-6-14-17(15(7-10)23-2)12(8-16(21)20-14)11-4-3-9(18)5-13(11)19/h3-7,12H,8H2,1-2H3,(H,20,21). The van der Waals surface area contributed by atoms with Gasteiger partial charge in [-0.05, 0) is 11.6 Å². The zero-order chi connectivity index (χ0) is 16.6. The van der Waals surface area contributed by atoms with Crippen LogP contribution in [-0.2, 0) is 4.79 Å². The third-order valence-corrected chi connectivity index (χ3v) is 3.92. The van der Waals surface area contributed by atoms with Gasteiger partial charge in [-0.3, -0.25) is 4.79 Å². The summed E-state index contributed by atoms with van der Waals surface area (Å²) in [4.78, 5) is 12.0. The van der Waals surface area contributed by atoms with Crippen molar-refractivity contribution >= 4 is 11.6 Å². The third kappa shape index (κ3) is 2.72. The molecule has 4 nitrogen and oxygen atoms in total. The second kappa shape index (κ2) is 5.87. The smallest absolute Gasteiger partial charge is 0.225 e. The van der Waals surface area contributed by atoms with Gasteiger partial charge < -0.3 is 14.8 Å². The Bertz CT molecular complexity index is 777. The van der Waals surface area contributed by atoms with Crippen molar-refractivity contribution in [3.63, 3.8) is 0 Å². The minimum absolute atomic E-state index is 0.0538. The first-order valence-corrected chi connectivity index (χ1v) is 7.04. The molecule has 0 aliphatic carbocycles. The van der Waals surface area contributed by atoms with Crippen molar-refractivity contribution in [2.24, 2.45) is 0 Å². The number of anilines is 1. The average Bonchev–Trinajstić information content (AvgIpc) is 2.52. The summed E-state index contributed by atoms with van der Waals surface area (Å²) < 4.78 is 37.9. The average molecular weight is 319 g/mol. The Hall–Kier alpha value is -2.63. The molecule has 6 heteroatoms. The summed E-state index contributed by atoms with van der Waals surface area (Å²) >= 11 is 0. The van der Waals surface area contributed by atoms with E-state index in [1.807, 2.05) is 0 Å². The maximum atomic E-state index is 14.2. The van der Waals surface area contributed by atoms with E-state index in [0.29, 0.717) is 22.7 Å². The number of rotatable bonds is 3. The van der Waals surface area contributed by atoms with Crippen LogP contribution in [0.25, 0.3) is 0 Å². The molecule has 0 saturated heterocycles. The zero-order valence-electron chi connectivity index (χ0n) is 12.7. The second-order valence-electron chi connectivity index (χ2n) is 5.26. The van der Waals surface area contributed by atoms with Crippen molar-refractivity contribution in [2.75, 3.05) is 19.5 Å². The number of amides is 1. The molecule has 1 N–H and O–H groups in total. The highest BCUT2D eigenvalue weighted by Crippen LogP contribution is 2.45. The molecule has 1 atom stereocenters. The van der Waals surface area contributed by atoms with Gasteiger partial charge in [0.1, 0.15) is 23.1 Å². The molecule has 2 aromatic rings. The van der Waals surface area contributed by atoms with E-state index in [4.69, 9.17) is 9.47 Å². The number of methoxy groups -OCH3 is 2. The van der Waals surface area contributed by atoms with Gasteiger partial charge in [-0.25, -0.2) is 8.78 Å². The molecule has 1 heterocycles. The maximum absolute atomic E-state index is 14.2. The Morgan fingerprint density at radius 1 is 1.13 bits per heavy atom. The first kappa shape index (κ1) is 15.3. The predicted octanol–water partition coefficient (Wildman–Crippen LogP) is 3.46. The van der Waals surface area contributed by atoms with Crippen LogP contribution in [0.3, 0.4) is 0 Å². The molecule has 0 saturated carbocycles. The maximum Gasteiger partial charge on any atom is 0.225 e. The molecular weight excluding hydrogens is 304 g/mol. The number of hydrogen-bond donors (Lipinski definition) is 1. The van der Waals surface area contributed by atoms with Crippen LogP contribution in [0.4, 0.5) is 14.5 Å². The van der Waals surface area contributed by atoms with Gasteiger partial charge >= 0.3 is 0 Å². The first-order chi connectivity index (χ1) is 11.0. The van der Waals surface area contributed by atoms with Gasteiger partial charge in [-0.1, -0.05) is 6.07 Å². The highest BCUT2D eigenvalue weighted by molar-refractivity contribution is 5.96. The van der Waals surface area contributed by atoms with Gasteiger partial charge in [-0.15, -0.1) is 0 Å². The summed E-state index contributed by atoms with van der Waals surface area (Å²) in [5.41, 5.74) is 1.41. The third-order valence-electron chi connectivity index (χ3n) is 3.92. The lowest BCUT2D eigenvalue weighted by molar-refractivity contribution is -0.116. The summed E-state index contributed by atoms with van der Waals surface area (Å²) in [6, 6.07) is 6.69. The number of fused-ring (bicyclic) bond motifs is 1. The summed E-state index contributed by atoms with van der Waals surface area (Å²) in [5, 5.41) is 2.74. The Morgan fingerprint density at radius 2 is 1.91 bits per heavy atom. The fourth-order valence-corrected chi connectivity index (χ4v) is 2.89. The molecule has 0 bridgehead atoms. The number of ether oxygens (including phenoxy) is 2. The van der Waals surface area contributed by atoms with Crippen LogP contribution in [0.2, 0.25) is 0 Å². The van der Waals surface area contributed by atoms with E-state index in [0.717, 1.165) is 6.07 Å². The first-order valence-electron chi connectivity index (χ1n) is 7.04. The Balaban J connectivity index is 2.20. The molecule has 1 aliphatic heterocycles. The van der Waals surface area contributed by atoms with Crippen molar-refractivity contribution in [3.05, 3.63) is 53.1 Å².